The molecule has 1 rings (SSSR count). The summed E-state index contributed by atoms with van der Waals surface area (Å²) in [5.74, 6) is -2.00. The average molecular weight is 210 g/mol. The number of hydrogen-bond acceptors (Lipinski definition) is 3. The Morgan fingerprint density at radius 2 is 1.47 bits per heavy atom. The summed E-state index contributed by atoms with van der Waals surface area (Å²) in [6, 6.07) is 0. The maximum absolute atomic E-state index is 10.7. The largest absolute Gasteiger partial charge is 0.477 e. The van der Waals surface area contributed by atoms with Crippen molar-refractivity contribution < 1.29 is 24.5 Å². The first-order chi connectivity index (χ1) is 6.91. The van der Waals surface area contributed by atoms with E-state index >= 15 is 0 Å². The molecule has 15 heavy (non-hydrogen) atoms. The minimum absolute atomic E-state index is 0.135. The van der Waals surface area contributed by atoms with Gasteiger partial charge in [0.2, 0.25) is 0 Å². The van der Waals surface area contributed by atoms with Gasteiger partial charge in [-0.3, -0.25) is 0 Å². The van der Waals surface area contributed by atoms with E-state index in [-0.39, 0.29) is 5.57 Å². The second-order valence-corrected chi connectivity index (χ2v) is 3.05. The molecule has 0 radical (unpaired) electrons. The summed E-state index contributed by atoms with van der Waals surface area (Å²) in [6.45, 7) is 3.25. The summed E-state index contributed by atoms with van der Waals surface area (Å²) in [7, 11) is 0. The smallest absolute Gasteiger partial charge is 0.343 e. The first-order valence-electron chi connectivity index (χ1n) is 4.17. The molecule has 2 N–H and O–H groups in total. The quantitative estimate of drug-likeness (QED) is 0.407. The zero-order valence-corrected chi connectivity index (χ0v) is 8.27. The van der Waals surface area contributed by atoms with Crippen molar-refractivity contribution in [2.45, 2.75) is 13.8 Å². The van der Waals surface area contributed by atoms with E-state index in [1.54, 1.807) is 13.8 Å². The highest BCUT2D eigenvalue weighted by molar-refractivity contribution is 6.14. The van der Waals surface area contributed by atoms with Crippen LogP contribution in [0.1, 0.15) is 13.8 Å². The lowest BCUT2D eigenvalue weighted by Gasteiger charge is -2.13. The lowest BCUT2D eigenvalue weighted by Crippen LogP contribution is -2.14. The average Bonchev–Trinajstić information content (AvgIpc) is 1.99. The Labute approximate surface area is 86.0 Å². The minimum Gasteiger partial charge on any atom is -0.477 e. The number of carboxylic acid groups (broad SMARTS) is 2. The van der Waals surface area contributed by atoms with E-state index in [0.29, 0.717) is 11.5 Å². The van der Waals surface area contributed by atoms with E-state index in [2.05, 4.69) is 0 Å². The SMILES string of the molecule is CC1=CC(=C(C(=O)O)C(=O)O)C=C(C)O1. The topological polar surface area (TPSA) is 83.8 Å². The molecule has 0 saturated carbocycles. The number of ether oxygens (including phenoxy) is 1. The van der Waals surface area contributed by atoms with Crippen LogP contribution >= 0.6 is 0 Å². The molecule has 0 aliphatic carbocycles. The van der Waals surface area contributed by atoms with Crippen LogP contribution in [-0.2, 0) is 14.3 Å². The van der Waals surface area contributed by atoms with Crippen molar-refractivity contribution in [1.82, 2.24) is 0 Å². The van der Waals surface area contributed by atoms with Gasteiger partial charge < -0.3 is 14.9 Å². The Morgan fingerprint density at radius 3 is 1.80 bits per heavy atom. The highest BCUT2D eigenvalue weighted by Crippen LogP contribution is 2.21. The fourth-order valence-electron chi connectivity index (χ4n) is 1.28. The molecule has 5 nitrogen and oxygen atoms in total. The standard InChI is InChI=1S/C10H10O5/c1-5-3-7(4-6(2)15-5)8(9(11)12)10(13)14/h3-4H,1-2H3,(H,11,12)(H,13,14). The first-order valence-corrected chi connectivity index (χ1v) is 4.17. The fourth-order valence-corrected chi connectivity index (χ4v) is 1.28. The lowest BCUT2D eigenvalue weighted by molar-refractivity contribution is -0.140. The van der Waals surface area contributed by atoms with E-state index in [1.807, 2.05) is 0 Å². The number of carbonyl (C=O) groups is 2. The van der Waals surface area contributed by atoms with Crippen LogP contribution < -0.4 is 0 Å². The van der Waals surface area contributed by atoms with Gasteiger partial charge in [0.25, 0.3) is 0 Å². The van der Waals surface area contributed by atoms with Crippen LogP contribution in [0, 0.1) is 0 Å². The molecule has 5 heteroatoms. The van der Waals surface area contributed by atoms with Crippen molar-refractivity contribution >= 4 is 11.9 Å². The highest BCUT2D eigenvalue weighted by Gasteiger charge is 2.21. The van der Waals surface area contributed by atoms with E-state index in [4.69, 9.17) is 14.9 Å². The van der Waals surface area contributed by atoms with Crippen LogP contribution in [-0.4, -0.2) is 22.2 Å². The van der Waals surface area contributed by atoms with Gasteiger partial charge in [0.05, 0.1) is 0 Å². The predicted molar refractivity (Wildman–Crippen MR) is 50.9 cm³/mol. The number of rotatable bonds is 2. The maximum atomic E-state index is 10.7. The normalized spacial score (nSPS) is 14.9. The molecule has 80 valence electrons. The third-order valence-corrected chi connectivity index (χ3v) is 1.76. The Bertz CT molecular complexity index is 376. The zero-order valence-electron chi connectivity index (χ0n) is 8.27. The molecule has 1 aliphatic heterocycles. The van der Waals surface area contributed by atoms with Crippen molar-refractivity contribution in [3.8, 4) is 0 Å². The Hall–Kier alpha value is -2.04. The number of carboxylic acids is 2. The molecular weight excluding hydrogens is 200 g/mol. The van der Waals surface area contributed by atoms with Gasteiger partial charge in [-0.15, -0.1) is 0 Å². The van der Waals surface area contributed by atoms with Crippen LogP contribution in [0.2, 0.25) is 0 Å². The van der Waals surface area contributed by atoms with Gasteiger partial charge in [0.1, 0.15) is 11.5 Å². The summed E-state index contributed by atoms with van der Waals surface area (Å²) in [4.78, 5) is 21.4. The van der Waals surface area contributed by atoms with E-state index in [0.717, 1.165) is 0 Å². The van der Waals surface area contributed by atoms with Crippen molar-refractivity contribution in [2.24, 2.45) is 0 Å². The Balaban J connectivity index is 3.32. The van der Waals surface area contributed by atoms with Crippen LogP contribution in [0.25, 0.3) is 0 Å². The van der Waals surface area contributed by atoms with Crippen molar-refractivity contribution in [2.75, 3.05) is 0 Å². The fraction of sp³-hybridized carbons (Fsp3) is 0.200. The molecule has 0 aromatic heterocycles. The summed E-state index contributed by atoms with van der Waals surface area (Å²) in [5.41, 5.74) is -0.520. The van der Waals surface area contributed by atoms with Crippen molar-refractivity contribution in [3.63, 3.8) is 0 Å². The molecule has 0 amide bonds. The molecular formula is C10H10O5. The second-order valence-electron chi connectivity index (χ2n) is 3.05. The van der Waals surface area contributed by atoms with E-state index in [9.17, 15) is 9.59 Å². The number of aliphatic carboxylic acids is 2. The molecule has 1 heterocycles. The van der Waals surface area contributed by atoms with Gasteiger partial charge in [-0.2, -0.15) is 0 Å². The van der Waals surface area contributed by atoms with Gasteiger partial charge in [-0.1, -0.05) is 0 Å². The summed E-state index contributed by atoms with van der Waals surface area (Å²) < 4.78 is 5.13. The third-order valence-electron chi connectivity index (χ3n) is 1.76. The summed E-state index contributed by atoms with van der Waals surface area (Å²) in [5, 5.41) is 17.5. The third kappa shape index (κ3) is 2.46. The number of allylic oxidation sites excluding steroid dienone is 5. The molecule has 0 atom stereocenters. The first kappa shape index (κ1) is 11.0. The number of hydrogen-bond donors (Lipinski definition) is 2. The monoisotopic (exact) mass is 210 g/mol. The van der Waals surface area contributed by atoms with Crippen molar-refractivity contribution in [3.05, 3.63) is 34.8 Å². The van der Waals surface area contributed by atoms with Gasteiger partial charge >= 0.3 is 11.9 Å². The van der Waals surface area contributed by atoms with Gasteiger partial charge in [-0.25, -0.2) is 9.59 Å². The molecule has 0 fully saturated rings. The lowest BCUT2D eigenvalue weighted by atomic mass is 10.1. The molecule has 0 spiro atoms. The molecule has 0 saturated heterocycles. The Morgan fingerprint density at radius 1 is 1.07 bits per heavy atom. The van der Waals surface area contributed by atoms with Gasteiger partial charge in [0, 0.05) is 5.57 Å². The van der Waals surface area contributed by atoms with Crippen LogP contribution in [0.3, 0.4) is 0 Å². The molecule has 0 aromatic carbocycles. The van der Waals surface area contributed by atoms with Gasteiger partial charge in [0.15, 0.2) is 5.57 Å². The predicted octanol–water partition coefficient (Wildman–Crippen LogP) is 1.29. The van der Waals surface area contributed by atoms with Crippen LogP contribution in [0.5, 0.6) is 0 Å². The minimum atomic E-state index is -1.47. The maximum Gasteiger partial charge on any atom is 0.343 e. The zero-order chi connectivity index (χ0) is 11.6. The summed E-state index contributed by atoms with van der Waals surface area (Å²) in [6.07, 6.45) is 2.76. The molecule has 0 bridgehead atoms. The molecule has 0 unspecified atom stereocenters. The van der Waals surface area contributed by atoms with E-state index in [1.165, 1.54) is 12.2 Å². The van der Waals surface area contributed by atoms with Crippen LogP contribution in [0.15, 0.2) is 34.8 Å². The van der Waals surface area contributed by atoms with Crippen molar-refractivity contribution in [1.29, 1.82) is 0 Å². The molecule has 1 aliphatic rings. The second kappa shape index (κ2) is 4.00. The van der Waals surface area contributed by atoms with Gasteiger partial charge in [-0.05, 0) is 26.0 Å². The van der Waals surface area contributed by atoms with E-state index < -0.39 is 17.5 Å². The molecule has 0 aromatic rings. The Kier molecular flexibility index (Phi) is 2.94. The van der Waals surface area contributed by atoms with Crippen LogP contribution in [0.4, 0.5) is 0 Å². The highest BCUT2D eigenvalue weighted by atomic mass is 16.5. The summed E-state index contributed by atoms with van der Waals surface area (Å²) >= 11 is 0.